The summed E-state index contributed by atoms with van der Waals surface area (Å²) >= 11 is 0. The van der Waals surface area contributed by atoms with Crippen molar-refractivity contribution in [1.82, 2.24) is 14.7 Å². The van der Waals surface area contributed by atoms with Crippen LogP contribution in [0.2, 0.25) is 0 Å². The van der Waals surface area contributed by atoms with Crippen LogP contribution in [0.5, 0.6) is 0 Å². The summed E-state index contributed by atoms with van der Waals surface area (Å²) in [6.07, 6.45) is 0.804. The van der Waals surface area contributed by atoms with Gasteiger partial charge in [0.15, 0.2) is 5.69 Å². The Bertz CT molecular complexity index is 999. The van der Waals surface area contributed by atoms with Gasteiger partial charge in [0.1, 0.15) is 11.7 Å². The van der Waals surface area contributed by atoms with Crippen molar-refractivity contribution in [2.24, 2.45) is 0 Å². The third-order valence-electron chi connectivity index (χ3n) is 4.42. The van der Waals surface area contributed by atoms with Crippen LogP contribution >= 0.6 is 0 Å². The molecule has 27 heavy (non-hydrogen) atoms. The molecule has 1 aromatic carbocycles. The van der Waals surface area contributed by atoms with Gasteiger partial charge in [0, 0.05) is 24.4 Å². The second-order valence-corrected chi connectivity index (χ2v) is 6.15. The van der Waals surface area contributed by atoms with E-state index in [9.17, 15) is 29.6 Å². The molecule has 10 nitrogen and oxygen atoms in total. The summed E-state index contributed by atoms with van der Waals surface area (Å²) < 4.78 is 1.15. The van der Waals surface area contributed by atoms with E-state index in [1.165, 1.54) is 25.1 Å². The standard InChI is InChI=1S/C17H16N4O6/c1-10-9-14(22)15(16(23)19-8-4-7-13(19)17(24)25)18-20(10)11-5-2-3-6-12(11)21(26)27/h2-3,5-6,9,13H,4,7-8H2,1H3,(H,24,25)/t13-/m0/s1. The number of rotatable bonds is 4. The zero-order chi connectivity index (χ0) is 19.7. The maximum absolute atomic E-state index is 12.7. The molecule has 0 saturated carbocycles. The van der Waals surface area contributed by atoms with E-state index in [2.05, 4.69) is 5.10 Å². The van der Waals surface area contributed by atoms with Crippen molar-refractivity contribution in [2.75, 3.05) is 6.54 Å². The van der Waals surface area contributed by atoms with Gasteiger partial charge in [-0.15, -0.1) is 0 Å². The summed E-state index contributed by atoms with van der Waals surface area (Å²) in [5, 5.41) is 24.6. The number of hydrogen-bond donors (Lipinski definition) is 1. The summed E-state index contributed by atoms with van der Waals surface area (Å²) in [6, 6.07) is 5.95. The predicted molar refractivity (Wildman–Crippen MR) is 92.9 cm³/mol. The normalized spacial score (nSPS) is 16.3. The minimum Gasteiger partial charge on any atom is -0.480 e. The molecule has 0 bridgehead atoms. The number of amides is 1. The topological polar surface area (TPSA) is 136 Å². The number of aryl methyl sites for hydroxylation is 1. The fourth-order valence-corrected chi connectivity index (χ4v) is 3.14. The summed E-state index contributed by atoms with van der Waals surface area (Å²) in [4.78, 5) is 48.2. The van der Waals surface area contributed by atoms with Gasteiger partial charge in [0.05, 0.1) is 4.92 Å². The van der Waals surface area contributed by atoms with Crippen molar-refractivity contribution in [3.63, 3.8) is 0 Å². The zero-order valence-corrected chi connectivity index (χ0v) is 14.4. The second kappa shape index (κ2) is 6.98. The highest BCUT2D eigenvalue weighted by Crippen LogP contribution is 2.23. The van der Waals surface area contributed by atoms with Gasteiger partial charge in [-0.25, -0.2) is 9.48 Å². The van der Waals surface area contributed by atoms with E-state index in [0.717, 1.165) is 15.6 Å². The summed E-state index contributed by atoms with van der Waals surface area (Å²) in [7, 11) is 0. The molecule has 140 valence electrons. The lowest BCUT2D eigenvalue weighted by atomic mass is 10.2. The van der Waals surface area contributed by atoms with E-state index < -0.39 is 34.0 Å². The Morgan fingerprint density at radius 2 is 2.04 bits per heavy atom. The smallest absolute Gasteiger partial charge is 0.326 e. The number of nitrogens with zero attached hydrogens (tertiary/aromatic N) is 4. The SMILES string of the molecule is Cc1cc(=O)c(C(=O)N2CCC[C@H]2C(=O)O)nn1-c1ccccc1[N+](=O)[O-]. The number of carboxylic acids is 1. The number of aliphatic carboxylic acids is 1. The molecule has 0 unspecified atom stereocenters. The van der Waals surface area contributed by atoms with E-state index in [1.807, 2.05) is 0 Å². The molecule has 2 aromatic rings. The number of likely N-dealkylation sites (tertiary alicyclic amines) is 1. The van der Waals surface area contributed by atoms with E-state index in [1.54, 1.807) is 6.07 Å². The fraction of sp³-hybridized carbons (Fsp3) is 0.294. The Balaban J connectivity index is 2.11. The fourth-order valence-electron chi connectivity index (χ4n) is 3.14. The van der Waals surface area contributed by atoms with Crippen LogP contribution in [0.4, 0.5) is 5.69 Å². The first-order chi connectivity index (χ1) is 12.8. The molecule has 10 heteroatoms. The molecule has 1 saturated heterocycles. The van der Waals surface area contributed by atoms with E-state index in [0.29, 0.717) is 18.5 Å². The number of aromatic nitrogens is 2. The van der Waals surface area contributed by atoms with Gasteiger partial charge < -0.3 is 10.0 Å². The van der Waals surface area contributed by atoms with Crippen LogP contribution in [0.15, 0.2) is 35.1 Å². The van der Waals surface area contributed by atoms with Crippen LogP contribution in [0.1, 0.15) is 29.0 Å². The summed E-state index contributed by atoms with van der Waals surface area (Å²) in [5.41, 5.74) is -0.956. The van der Waals surface area contributed by atoms with Crippen LogP contribution in [0.25, 0.3) is 5.69 Å². The molecule has 1 amide bonds. The highest BCUT2D eigenvalue weighted by molar-refractivity contribution is 5.95. The first-order valence-electron chi connectivity index (χ1n) is 8.20. The number of carbonyl (C=O) groups is 2. The average Bonchev–Trinajstić information content (AvgIpc) is 3.11. The van der Waals surface area contributed by atoms with E-state index in [-0.39, 0.29) is 17.9 Å². The second-order valence-electron chi connectivity index (χ2n) is 6.15. The Kier molecular flexibility index (Phi) is 4.72. The Hall–Kier alpha value is -3.56. The maximum Gasteiger partial charge on any atom is 0.326 e. The minimum absolute atomic E-state index is 0.102. The van der Waals surface area contributed by atoms with Crippen LogP contribution in [-0.2, 0) is 4.79 Å². The Labute approximate surface area is 152 Å². The lowest BCUT2D eigenvalue weighted by Gasteiger charge is -2.21. The number of hydrogen-bond acceptors (Lipinski definition) is 6. The molecular formula is C17H16N4O6. The lowest BCUT2D eigenvalue weighted by molar-refractivity contribution is -0.384. The molecule has 1 fully saturated rings. The van der Waals surface area contributed by atoms with Gasteiger partial charge in [-0.2, -0.15) is 5.10 Å². The molecule has 3 rings (SSSR count). The molecule has 1 aliphatic rings. The van der Waals surface area contributed by atoms with Crippen molar-refractivity contribution in [1.29, 1.82) is 0 Å². The number of nitro benzene ring substituents is 1. The third kappa shape index (κ3) is 3.28. The molecule has 0 radical (unpaired) electrons. The zero-order valence-electron chi connectivity index (χ0n) is 14.4. The van der Waals surface area contributed by atoms with Gasteiger partial charge in [0.25, 0.3) is 11.6 Å². The minimum atomic E-state index is -1.15. The molecule has 1 aliphatic heterocycles. The molecule has 1 aromatic heterocycles. The van der Waals surface area contributed by atoms with Gasteiger partial charge in [0.2, 0.25) is 5.43 Å². The lowest BCUT2D eigenvalue weighted by Crippen LogP contribution is -2.43. The summed E-state index contributed by atoms with van der Waals surface area (Å²) in [5.74, 6) is -1.94. The van der Waals surface area contributed by atoms with E-state index in [4.69, 9.17) is 0 Å². The molecule has 2 heterocycles. The monoisotopic (exact) mass is 372 g/mol. The van der Waals surface area contributed by atoms with Crippen molar-refractivity contribution in [2.45, 2.75) is 25.8 Å². The highest BCUT2D eigenvalue weighted by Gasteiger charge is 2.36. The third-order valence-corrected chi connectivity index (χ3v) is 4.42. The summed E-state index contributed by atoms with van der Waals surface area (Å²) in [6.45, 7) is 1.74. The number of carbonyl (C=O) groups excluding carboxylic acids is 1. The van der Waals surface area contributed by atoms with E-state index >= 15 is 0 Å². The van der Waals surface area contributed by atoms with Gasteiger partial charge >= 0.3 is 5.97 Å². The molecule has 0 spiro atoms. The first kappa shape index (κ1) is 18.2. The van der Waals surface area contributed by atoms with Crippen molar-refractivity contribution < 1.29 is 19.6 Å². The predicted octanol–water partition coefficient (Wildman–Crippen LogP) is 1.14. The molecule has 1 N–H and O–H groups in total. The molecule has 0 aliphatic carbocycles. The quantitative estimate of drug-likeness (QED) is 0.628. The largest absolute Gasteiger partial charge is 0.480 e. The first-order valence-corrected chi connectivity index (χ1v) is 8.20. The Morgan fingerprint density at radius 3 is 2.70 bits per heavy atom. The van der Waals surface area contributed by atoms with Gasteiger partial charge in [-0.05, 0) is 25.8 Å². The molecular weight excluding hydrogens is 356 g/mol. The number of para-hydroxylation sites is 2. The average molecular weight is 372 g/mol. The van der Waals surface area contributed by atoms with Gasteiger partial charge in [-0.3, -0.25) is 19.7 Å². The molecule has 1 atom stereocenters. The van der Waals surface area contributed by atoms with Crippen molar-refractivity contribution in [3.8, 4) is 5.69 Å². The van der Waals surface area contributed by atoms with Crippen LogP contribution in [0.3, 0.4) is 0 Å². The Morgan fingerprint density at radius 1 is 1.33 bits per heavy atom. The van der Waals surface area contributed by atoms with Crippen molar-refractivity contribution >= 4 is 17.6 Å². The van der Waals surface area contributed by atoms with Crippen LogP contribution in [0, 0.1) is 17.0 Å². The number of carboxylic acid groups (broad SMARTS) is 1. The van der Waals surface area contributed by atoms with Crippen molar-refractivity contribution in [3.05, 3.63) is 62.1 Å². The van der Waals surface area contributed by atoms with Crippen LogP contribution in [-0.4, -0.2) is 49.2 Å². The highest BCUT2D eigenvalue weighted by atomic mass is 16.6. The van der Waals surface area contributed by atoms with Gasteiger partial charge in [-0.1, -0.05) is 12.1 Å². The number of benzene rings is 1. The number of nitro groups is 1. The van der Waals surface area contributed by atoms with Crippen LogP contribution < -0.4 is 5.43 Å². The maximum atomic E-state index is 12.7.